The van der Waals surface area contributed by atoms with Crippen LogP contribution < -0.4 is 5.32 Å². The fraction of sp³-hybridized carbons (Fsp3) is 0.500. The number of aromatic nitrogens is 1. The van der Waals surface area contributed by atoms with Crippen LogP contribution in [0.4, 0.5) is 0 Å². The summed E-state index contributed by atoms with van der Waals surface area (Å²) in [5.41, 5.74) is 1.08. The largest absolute Gasteiger partial charge is 0.356 e. The average Bonchev–Trinajstić information content (AvgIpc) is 2.90. The van der Waals surface area contributed by atoms with Gasteiger partial charge in [-0.05, 0) is 38.4 Å². The van der Waals surface area contributed by atoms with E-state index in [-0.39, 0.29) is 11.8 Å². The first kappa shape index (κ1) is 14.5. The van der Waals surface area contributed by atoms with E-state index in [0.717, 1.165) is 43.0 Å². The summed E-state index contributed by atoms with van der Waals surface area (Å²) < 4.78 is 1.24. The summed E-state index contributed by atoms with van der Waals surface area (Å²) in [6, 6.07) is 8.25. The quantitative estimate of drug-likeness (QED) is 0.944. The van der Waals surface area contributed by atoms with Crippen LogP contribution in [0.25, 0.3) is 10.2 Å². The zero-order valence-corrected chi connectivity index (χ0v) is 13.2. The average molecular weight is 303 g/mol. The summed E-state index contributed by atoms with van der Waals surface area (Å²) in [7, 11) is 0. The third-order valence-corrected chi connectivity index (χ3v) is 4.95. The highest BCUT2D eigenvalue weighted by Gasteiger charge is 2.25. The van der Waals surface area contributed by atoms with Gasteiger partial charge in [0.2, 0.25) is 5.91 Å². The number of carbonyl (C=O) groups excluding carboxylic acids is 1. The number of hydrogen-bond donors (Lipinski definition) is 1. The zero-order chi connectivity index (χ0) is 14.7. The highest BCUT2D eigenvalue weighted by atomic mass is 32.1. The molecule has 1 aromatic carbocycles. The van der Waals surface area contributed by atoms with Gasteiger partial charge >= 0.3 is 0 Å². The van der Waals surface area contributed by atoms with Gasteiger partial charge in [-0.2, -0.15) is 0 Å². The van der Waals surface area contributed by atoms with Crippen LogP contribution in [0, 0.1) is 5.92 Å². The molecule has 0 spiro atoms. The molecule has 0 unspecified atom stereocenters. The van der Waals surface area contributed by atoms with Crippen LogP contribution in [0.3, 0.4) is 0 Å². The lowest BCUT2D eigenvalue weighted by molar-refractivity contribution is -0.126. The molecule has 5 heteroatoms. The van der Waals surface area contributed by atoms with E-state index in [1.165, 1.54) is 4.70 Å². The number of para-hydroxylation sites is 1. The van der Waals surface area contributed by atoms with Crippen LogP contribution in [0.2, 0.25) is 0 Å². The molecule has 0 radical (unpaired) electrons. The Labute approximate surface area is 129 Å². The van der Waals surface area contributed by atoms with Crippen molar-refractivity contribution in [3.8, 4) is 0 Å². The molecule has 112 valence electrons. The lowest BCUT2D eigenvalue weighted by atomic mass is 9.97. The van der Waals surface area contributed by atoms with Gasteiger partial charge in [-0.3, -0.25) is 9.69 Å². The van der Waals surface area contributed by atoms with E-state index in [0.29, 0.717) is 6.54 Å². The first-order valence-corrected chi connectivity index (χ1v) is 8.42. The Morgan fingerprint density at radius 1 is 1.48 bits per heavy atom. The molecule has 3 rings (SSSR count). The third kappa shape index (κ3) is 3.41. The van der Waals surface area contributed by atoms with Crippen molar-refractivity contribution < 1.29 is 4.79 Å². The maximum absolute atomic E-state index is 12.0. The summed E-state index contributed by atoms with van der Waals surface area (Å²) in [6.45, 7) is 5.45. The van der Waals surface area contributed by atoms with Crippen LogP contribution in [-0.2, 0) is 11.3 Å². The molecule has 2 heterocycles. The molecule has 0 aliphatic carbocycles. The Kier molecular flexibility index (Phi) is 4.51. The fourth-order valence-electron chi connectivity index (χ4n) is 2.91. The monoisotopic (exact) mass is 303 g/mol. The third-order valence-electron chi connectivity index (χ3n) is 3.92. The van der Waals surface area contributed by atoms with Gasteiger partial charge in [0.1, 0.15) is 5.01 Å². The predicted molar refractivity (Wildman–Crippen MR) is 86.3 cm³/mol. The van der Waals surface area contributed by atoms with E-state index in [9.17, 15) is 4.79 Å². The number of piperidine rings is 1. The second-order valence-corrected chi connectivity index (χ2v) is 6.66. The van der Waals surface area contributed by atoms with Gasteiger partial charge in [0.25, 0.3) is 0 Å². The van der Waals surface area contributed by atoms with Gasteiger partial charge in [0.05, 0.1) is 22.7 Å². The summed E-state index contributed by atoms with van der Waals surface area (Å²) in [5, 5.41) is 4.09. The van der Waals surface area contributed by atoms with Crippen molar-refractivity contribution in [3.63, 3.8) is 0 Å². The number of carbonyl (C=O) groups is 1. The van der Waals surface area contributed by atoms with E-state index in [2.05, 4.69) is 33.4 Å². The number of nitrogens with one attached hydrogen (secondary N) is 1. The topological polar surface area (TPSA) is 45.2 Å². The van der Waals surface area contributed by atoms with Crippen molar-refractivity contribution in [3.05, 3.63) is 29.3 Å². The normalized spacial score (nSPS) is 19.8. The van der Waals surface area contributed by atoms with Crippen LogP contribution >= 0.6 is 11.3 Å². The number of benzene rings is 1. The Balaban J connectivity index is 1.65. The number of nitrogens with zero attached hydrogens (tertiary/aromatic N) is 2. The van der Waals surface area contributed by atoms with Gasteiger partial charge in [-0.15, -0.1) is 11.3 Å². The molecular weight excluding hydrogens is 282 g/mol. The van der Waals surface area contributed by atoms with Crippen LogP contribution in [-0.4, -0.2) is 35.4 Å². The van der Waals surface area contributed by atoms with Crippen LogP contribution in [0.1, 0.15) is 24.8 Å². The number of thiazole rings is 1. The van der Waals surface area contributed by atoms with Crippen molar-refractivity contribution in [2.45, 2.75) is 26.3 Å². The van der Waals surface area contributed by atoms with Crippen molar-refractivity contribution in [1.82, 2.24) is 15.2 Å². The van der Waals surface area contributed by atoms with Gasteiger partial charge in [0.15, 0.2) is 0 Å². The first-order valence-electron chi connectivity index (χ1n) is 7.61. The first-order chi connectivity index (χ1) is 10.3. The predicted octanol–water partition coefficient (Wildman–Crippen LogP) is 2.64. The highest BCUT2D eigenvalue weighted by molar-refractivity contribution is 7.18. The number of amides is 1. The molecular formula is C16H21N3OS. The van der Waals surface area contributed by atoms with Crippen molar-refractivity contribution in [2.24, 2.45) is 5.92 Å². The van der Waals surface area contributed by atoms with E-state index in [1.54, 1.807) is 11.3 Å². The van der Waals surface area contributed by atoms with Crippen molar-refractivity contribution in [2.75, 3.05) is 19.6 Å². The van der Waals surface area contributed by atoms with Gasteiger partial charge < -0.3 is 5.32 Å². The van der Waals surface area contributed by atoms with E-state index in [1.807, 2.05) is 13.0 Å². The second-order valence-electron chi connectivity index (χ2n) is 5.54. The summed E-state index contributed by atoms with van der Waals surface area (Å²) in [5.74, 6) is 0.333. The maximum Gasteiger partial charge on any atom is 0.224 e. The highest BCUT2D eigenvalue weighted by Crippen LogP contribution is 2.24. The van der Waals surface area contributed by atoms with Gasteiger partial charge in [0, 0.05) is 13.1 Å². The van der Waals surface area contributed by atoms with Crippen molar-refractivity contribution in [1.29, 1.82) is 0 Å². The fourth-order valence-corrected chi connectivity index (χ4v) is 3.92. The Hall–Kier alpha value is -1.46. The Bertz CT molecular complexity index is 592. The second kappa shape index (κ2) is 6.54. The van der Waals surface area contributed by atoms with E-state index < -0.39 is 0 Å². The smallest absolute Gasteiger partial charge is 0.224 e. The van der Waals surface area contributed by atoms with E-state index >= 15 is 0 Å². The lowest BCUT2D eigenvalue weighted by Gasteiger charge is -2.31. The molecule has 2 aromatic rings. The lowest BCUT2D eigenvalue weighted by Crippen LogP contribution is -2.42. The molecule has 1 amide bonds. The molecule has 1 aliphatic heterocycles. The molecule has 1 aliphatic rings. The number of fused-ring (bicyclic) bond motifs is 1. The molecule has 1 fully saturated rings. The minimum atomic E-state index is 0.132. The van der Waals surface area contributed by atoms with Crippen molar-refractivity contribution >= 4 is 27.5 Å². The molecule has 0 bridgehead atoms. The Morgan fingerprint density at radius 3 is 3.14 bits per heavy atom. The molecule has 1 aromatic heterocycles. The minimum absolute atomic E-state index is 0.132. The van der Waals surface area contributed by atoms with Crippen LogP contribution in [0.5, 0.6) is 0 Å². The molecule has 4 nitrogen and oxygen atoms in total. The summed E-state index contributed by atoms with van der Waals surface area (Å²) in [4.78, 5) is 19.0. The molecule has 1 N–H and O–H groups in total. The summed E-state index contributed by atoms with van der Waals surface area (Å²) >= 11 is 1.76. The maximum atomic E-state index is 12.0. The van der Waals surface area contributed by atoms with Gasteiger partial charge in [-0.25, -0.2) is 4.98 Å². The number of hydrogen-bond acceptors (Lipinski definition) is 4. The zero-order valence-electron chi connectivity index (χ0n) is 12.3. The standard InChI is InChI=1S/C16H21N3OS/c1-2-17-16(20)12-6-5-9-19(10-12)11-15-18-13-7-3-4-8-14(13)21-15/h3-4,7-8,12H,2,5-6,9-11H2,1H3,(H,17,20)/t12-/m0/s1. The molecule has 1 atom stereocenters. The number of rotatable bonds is 4. The van der Waals surface area contributed by atoms with Gasteiger partial charge in [-0.1, -0.05) is 12.1 Å². The summed E-state index contributed by atoms with van der Waals surface area (Å²) in [6.07, 6.45) is 2.09. The molecule has 21 heavy (non-hydrogen) atoms. The number of likely N-dealkylation sites (tertiary alicyclic amines) is 1. The Morgan fingerprint density at radius 2 is 2.33 bits per heavy atom. The van der Waals surface area contributed by atoms with Crippen LogP contribution in [0.15, 0.2) is 24.3 Å². The van der Waals surface area contributed by atoms with E-state index in [4.69, 9.17) is 0 Å². The molecule has 0 saturated carbocycles. The minimum Gasteiger partial charge on any atom is -0.356 e. The SMILES string of the molecule is CCNC(=O)[C@H]1CCCN(Cc2nc3ccccc3s2)C1. The molecule has 1 saturated heterocycles.